The first kappa shape index (κ1) is 18.8. The summed E-state index contributed by atoms with van der Waals surface area (Å²) < 4.78 is 4.99. The van der Waals surface area contributed by atoms with Crippen molar-refractivity contribution in [1.82, 2.24) is 15.1 Å². The van der Waals surface area contributed by atoms with Crippen LogP contribution in [0.1, 0.15) is 26.7 Å². The van der Waals surface area contributed by atoms with E-state index >= 15 is 0 Å². The van der Waals surface area contributed by atoms with Gasteiger partial charge in [-0.15, -0.1) is 0 Å². The van der Waals surface area contributed by atoms with Crippen molar-refractivity contribution in [1.29, 1.82) is 0 Å². The highest BCUT2D eigenvalue weighted by Crippen LogP contribution is 2.22. The van der Waals surface area contributed by atoms with Gasteiger partial charge in [-0.3, -0.25) is 9.69 Å². The van der Waals surface area contributed by atoms with Crippen molar-refractivity contribution >= 4 is 12.0 Å². The van der Waals surface area contributed by atoms with Gasteiger partial charge in [0.05, 0.1) is 6.61 Å². The molecule has 2 rings (SSSR count). The number of amides is 2. The molecule has 0 bridgehead atoms. The predicted molar refractivity (Wildman–Crippen MR) is 97.3 cm³/mol. The van der Waals surface area contributed by atoms with Crippen LogP contribution in [0.15, 0.2) is 48.5 Å². The zero-order valence-corrected chi connectivity index (χ0v) is 15.0. The SMILES string of the molecule is C=C(C)CNC(=O)C1CCN(C2=CC=CN(C(=O)OCC)C=C2)CC1. The van der Waals surface area contributed by atoms with E-state index in [2.05, 4.69) is 16.8 Å². The maximum Gasteiger partial charge on any atom is 0.417 e. The van der Waals surface area contributed by atoms with E-state index in [9.17, 15) is 9.59 Å². The lowest BCUT2D eigenvalue weighted by atomic mass is 9.95. The quantitative estimate of drug-likeness (QED) is 0.778. The third-order valence-corrected chi connectivity index (χ3v) is 4.19. The second kappa shape index (κ2) is 9.11. The fourth-order valence-corrected chi connectivity index (χ4v) is 2.81. The molecule has 0 aromatic heterocycles. The van der Waals surface area contributed by atoms with Gasteiger partial charge in [0.2, 0.25) is 5.91 Å². The number of hydrogen-bond acceptors (Lipinski definition) is 4. The molecule has 2 aliphatic rings. The van der Waals surface area contributed by atoms with Crippen LogP contribution in [0.3, 0.4) is 0 Å². The lowest BCUT2D eigenvalue weighted by Gasteiger charge is -2.33. The van der Waals surface area contributed by atoms with Crippen molar-refractivity contribution in [3.63, 3.8) is 0 Å². The van der Waals surface area contributed by atoms with Crippen molar-refractivity contribution in [3.8, 4) is 0 Å². The number of likely N-dealkylation sites (tertiary alicyclic amines) is 1. The summed E-state index contributed by atoms with van der Waals surface area (Å²) in [5.74, 6) is 0.166. The van der Waals surface area contributed by atoms with Crippen LogP contribution in [0.25, 0.3) is 0 Å². The average Bonchev–Trinajstić information content (AvgIpc) is 2.86. The number of nitrogens with one attached hydrogen (secondary N) is 1. The Balaban J connectivity index is 1.86. The minimum absolute atomic E-state index is 0.0533. The molecule has 1 fully saturated rings. The minimum Gasteiger partial charge on any atom is -0.449 e. The second-order valence-corrected chi connectivity index (χ2v) is 6.29. The van der Waals surface area contributed by atoms with Crippen LogP contribution in [-0.2, 0) is 9.53 Å². The number of hydrogen-bond donors (Lipinski definition) is 1. The van der Waals surface area contributed by atoms with Crippen LogP contribution in [-0.4, -0.2) is 48.0 Å². The zero-order valence-electron chi connectivity index (χ0n) is 15.0. The Hall–Kier alpha value is -2.50. The van der Waals surface area contributed by atoms with Crippen molar-refractivity contribution < 1.29 is 14.3 Å². The summed E-state index contributed by atoms with van der Waals surface area (Å²) in [7, 11) is 0. The summed E-state index contributed by atoms with van der Waals surface area (Å²) in [4.78, 5) is 27.6. The van der Waals surface area contributed by atoms with Gasteiger partial charge in [-0.05, 0) is 44.9 Å². The van der Waals surface area contributed by atoms with E-state index in [1.807, 2.05) is 25.2 Å². The molecular formula is C19H27N3O3. The lowest BCUT2D eigenvalue weighted by Crippen LogP contribution is -2.40. The highest BCUT2D eigenvalue weighted by atomic mass is 16.5. The number of piperidine rings is 1. The first-order valence-corrected chi connectivity index (χ1v) is 8.70. The molecular weight excluding hydrogens is 318 g/mol. The number of nitrogens with zero attached hydrogens (tertiary/aromatic N) is 2. The second-order valence-electron chi connectivity index (χ2n) is 6.29. The monoisotopic (exact) mass is 345 g/mol. The first-order chi connectivity index (χ1) is 12.0. The van der Waals surface area contributed by atoms with Gasteiger partial charge in [-0.1, -0.05) is 12.2 Å². The molecule has 6 heteroatoms. The van der Waals surface area contributed by atoms with Gasteiger partial charge in [0.25, 0.3) is 0 Å². The topological polar surface area (TPSA) is 61.9 Å². The Morgan fingerprint density at radius 2 is 2.04 bits per heavy atom. The standard InChI is InChI=1S/C19H27N3O3/c1-4-25-19(24)22-10-5-6-17(9-13-22)21-11-7-16(8-12-21)18(23)20-14-15(2)3/h5-6,9-10,13,16H,2,4,7-8,11-12,14H2,1,3H3,(H,20,23). The molecule has 0 spiro atoms. The Bertz CT molecular complexity index is 599. The van der Waals surface area contributed by atoms with Gasteiger partial charge in [0, 0.05) is 43.6 Å². The summed E-state index contributed by atoms with van der Waals surface area (Å²) >= 11 is 0. The van der Waals surface area contributed by atoms with E-state index in [1.54, 1.807) is 19.3 Å². The minimum atomic E-state index is -0.391. The van der Waals surface area contributed by atoms with Crippen LogP contribution >= 0.6 is 0 Å². The molecule has 0 aromatic rings. The maximum atomic E-state index is 12.2. The van der Waals surface area contributed by atoms with E-state index in [0.717, 1.165) is 37.2 Å². The Labute approximate surface area is 149 Å². The summed E-state index contributed by atoms with van der Waals surface area (Å²) in [6, 6.07) is 0. The van der Waals surface area contributed by atoms with Gasteiger partial charge in [0.15, 0.2) is 0 Å². The summed E-state index contributed by atoms with van der Waals surface area (Å²) in [6.07, 6.45) is 10.3. The summed E-state index contributed by atoms with van der Waals surface area (Å²) in [6.45, 7) is 10.0. The number of allylic oxidation sites excluding steroid dienone is 3. The first-order valence-electron chi connectivity index (χ1n) is 8.70. The van der Waals surface area contributed by atoms with Gasteiger partial charge in [-0.2, -0.15) is 0 Å². The third-order valence-electron chi connectivity index (χ3n) is 4.19. The van der Waals surface area contributed by atoms with E-state index in [0.29, 0.717) is 13.2 Å². The van der Waals surface area contributed by atoms with Crippen LogP contribution in [0, 0.1) is 5.92 Å². The number of rotatable bonds is 5. The van der Waals surface area contributed by atoms with E-state index in [4.69, 9.17) is 4.74 Å². The molecule has 1 saturated heterocycles. The number of carbonyl (C=O) groups excluding carboxylic acids is 2. The molecule has 0 unspecified atom stereocenters. The fourth-order valence-electron chi connectivity index (χ4n) is 2.81. The van der Waals surface area contributed by atoms with Gasteiger partial charge < -0.3 is 15.0 Å². The molecule has 6 nitrogen and oxygen atoms in total. The predicted octanol–water partition coefficient (Wildman–Crippen LogP) is 2.77. The molecule has 1 N–H and O–H groups in total. The average molecular weight is 345 g/mol. The number of ether oxygens (including phenoxy) is 1. The smallest absolute Gasteiger partial charge is 0.417 e. The van der Waals surface area contributed by atoms with Gasteiger partial charge in [-0.25, -0.2) is 4.79 Å². The van der Waals surface area contributed by atoms with Crippen molar-refractivity contribution in [2.45, 2.75) is 26.7 Å². The summed E-state index contributed by atoms with van der Waals surface area (Å²) in [5, 5.41) is 2.93. The molecule has 0 saturated carbocycles. The Morgan fingerprint density at radius 1 is 1.32 bits per heavy atom. The fraction of sp³-hybridized carbons (Fsp3) is 0.474. The van der Waals surface area contributed by atoms with E-state index in [1.165, 1.54) is 4.90 Å². The Kier molecular flexibility index (Phi) is 6.86. The third kappa shape index (κ3) is 5.52. The van der Waals surface area contributed by atoms with E-state index < -0.39 is 6.09 Å². The molecule has 2 amide bonds. The molecule has 25 heavy (non-hydrogen) atoms. The molecule has 0 radical (unpaired) electrons. The van der Waals surface area contributed by atoms with Gasteiger partial charge >= 0.3 is 6.09 Å². The molecule has 2 heterocycles. The normalized spacial score (nSPS) is 17.8. The largest absolute Gasteiger partial charge is 0.449 e. The number of carbonyl (C=O) groups is 2. The van der Waals surface area contributed by atoms with Crippen LogP contribution < -0.4 is 5.32 Å². The van der Waals surface area contributed by atoms with Crippen LogP contribution in [0.4, 0.5) is 4.79 Å². The maximum absolute atomic E-state index is 12.2. The summed E-state index contributed by atoms with van der Waals surface area (Å²) in [5.41, 5.74) is 1.99. The van der Waals surface area contributed by atoms with Crippen molar-refractivity contribution in [2.75, 3.05) is 26.2 Å². The van der Waals surface area contributed by atoms with E-state index in [-0.39, 0.29) is 11.8 Å². The van der Waals surface area contributed by atoms with Crippen molar-refractivity contribution in [3.05, 3.63) is 48.5 Å². The van der Waals surface area contributed by atoms with Crippen LogP contribution in [0.5, 0.6) is 0 Å². The van der Waals surface area contributed by atoms with Gasteiger partial charge in [0.1, 0.15) is 0 Å². The molecule has 0 aromatic carbocycles. The molecule has 0 atom stereocenters. The zero-order chi connectivity index (χ0) is 18.2. The Morgan fingerprint density at radius 3 is 2.68 bits per heavy atom. The molecule has 2 aliphatic heterocycles. The van der Waals surface area contributed by atoms with Crippen LogP contribution in [0.2, 0.25) is 0 Å². The molecule has 0 aliphatic carbocycles. The lowest BCUT2D eigenvalue weighted by molar-refractivity contribution is -0.126. The molecule has 136 valence electrons. The highest BCUT2D eigenvalue weighted by Gasteiger charge is 2.25. The highest BCUT2D eigenvalue weighted by molar-refractivity contribution is 5.79. The van der Waals surface area contributed by atoms with Crippen molar-refractivity contribution in [2.24, 2.45) is 5.92 Å².